The Hall–Kier alpha value is -1.15. The summed E-state index contributed by atoms with van der Waals surface area (Å²) in [6.07, 6.45) is 2.11. The third-order valence-corrected chi connectivity index (χ3v) is 7.21. The molecular formula is C15H19ClN2O4S. The molecule has 0 radical (unpaired) electrons. The van der Waals surface area contributed by atoms with Crippen molar-refractivity contribution in [3.8, 4) is 0 Å². The van der Waals surface area contributed by atoms with Crippen molar-refractivity contribution in [1.82, 2.24) is 9.37 Å². The quantitative estimate of drug-likeness (QED) is 0.476. The Labute approximate surface area is 140 Å². The highest BCUT2D eigenvalue weighted by Gasteiger charge is 2.49. The fraction of sp³-hybridized carbons (Fsp3) is 0.533. The van der Waals surface area contributed by atoms with Crippen LogP contribution in [0.3, 0.4) is 0 Å². The molecule has 1 heterocycles. The van der Waals surface area contributed by atoms with E-state index in [1.165, 1.54) is 4.31 Å². The van der Waals surface area contributed by atoms with Gasteiger partial charge in [0.25, 0.3) is 0 Å². The lowest BCUT2D eigenvalue weighted by molar-refractivity contribution is -0.149. The molecule has 0 saturated heterocycles. The van der Waals surface area contributed by atoms with Crippen molar-refractivity contribution in [2.75, 3.05) is 13.1 Å². The van der Waals surface area contributed by atoms with Crippen molar-refractivity contribution in [2.45, 2.75) is 31.1 Å². The van der Waals surface area contributed by atoms with Crippen LogP contribution in [0, 0.1) is 5.92 Å². The molecule has 6 nitrogen and oxygen atoms in total. The van der Waals surface area contributed by atoms with Crippen LogP contribution in [0.2, 0.25) is 5.02 Å². The van der Waals surface area contributed by atoms with Gasteiger partial charge in [-0.2, -0.15) is 4.31 Å². The zero-order valence-corrected chi connectivity index (χ0v) is 14.1. The van der Waals surface area contributed by atoms with Crippen molar-refractivity contribution in [1.29, 1.82) is 0 Å². The lowest BCUT2D eigenvalue weighted by atomic mass is 10.0. The number of nitrogens with zero attached hydrogens (tertiary/aromatic N) is 2. The lowest BCUT2D eigenvalue weighted by Crippen LogP contribution is -2.38. The van der Waals surface area contributed by atoms with Crippen molar-refractivity contribution in [2.24, 2.45) is 5.92 Å². The first kappa shape index (κ1) is 16.7. The van der Waals surface area contributed by atoms with E-state index in [1.54, 1.807) is 0 Å². The summed E-state index contributed by atoms with van der Waals surface area (Å²) in [5, 5.41) is 9.87. The van der Waals surface area contributed by atoms with E-state index in [0.29, 0.717) is 48.8 Å². The van der Waals surface area contributed by atoms with Gasteiger partial charge >= 0.3 is 0 Å². The van der Waals surface area contributed by atoms with Crippen LogP contribution in [-0.4, -0.2) is 47.7 Å². The van der Waals surface area contributed by atoms with Gasteiger partial charge in [0.1, 0.15) is 0 Å². The van der Waals surface area contributed by atoms with E-state index in [0.717, 1.165) is 11.1 Å². The van der Waals surface area contributed by atoms with Crippen LogP contribution < -0.4 is 0 Å². The Kier molecular flexibility index (Phi) is 4.64. The Morgan fingerprint density at radius 3 is 2.91 bits per heavy atom. The maximum absolute atomic E-state index is 12.7. The number of hydrogen-bond acceptors (Lipinski definition) is 4. The Morgan fingerprint density at radius 2 is 2.17 bits per heavy atom. The first-order valence-electron chi connectivity index (χ1n) is 7.59. The fourth-order valence-electron chi connectivity index (χ4n) is 3.15. The van der Waals surface area contributed by atoms with Crippen LogP contribution in [0.15, 0.2) is 18.2 Å². The summed E-state index contributed by atoms with van der Waals surface area (Å²) >= 11 is 6.00. The SMILES string of the molecule is O=CN(O)CCC1CC1S(=O)(=O)N1CCc2ccc(Cl)cc2C1. The number of amides is 1. The maximum atomic E-state index is 12.7. The number of hydrogen-bond donors (Lipinski definition) is 1. The standard InChI is InChI=1S/C15H19ClN2O4S/c16-14-2-1-11-4-6-18(9-13(11)7-14)23(21,22)15-8-12(15)3-5-17(20)10-19/h1-2,7,10,12,15,20H,3-6,8-9H2. The second-order valence-corrected chi connectivity index (χ2v) is 8.72. The molecule has 8 heteroatoms. The average molecular weight is 359 g/mol. The van der Waals surface area contributed by atoms with Crippen LogP contribution in [0.25, 0.3) is 0 Å². The molecule has 3 rings (SSSR count). The third-order valence-electron chi connectivity index (χ3n) is 4.60. The molecule has 1 aliphatic carbocycles. The maximum Gasteiger partial charge on any atom is 0.233 e. The molecule has 1 amide bonds. The smallest absolute Gasteiger partial charge is 0.233 e. The second-order valence-electron chi connectivity index (χ2n) is 6.13. The summed E-state index contributed by atoms with van der Waals surface area (Å²) in [7, 11) is -3.35. The van der Waals surface area contributed by atoms with Crippen LogP contribution in [-0.2, 0) is 27.8 Å². The van der Waals surface area contributed by atoms with Gasteiger partial charge in [0, 0.05) is 24.7 Å². The van der Waals surface area contributed by atoms with Gasteiger partial charge in [-0.25, -0.2) is 13.5 Å². The zero-order valence-electron chi connectivity index (χ0n) is 12.6. The van der Waals surface area contributed by atoms with E-state index >= 15 is 0 Å². The summed E-state index contributed by atoms with van der Waals surface area (Å²) in [4.78, 5) is 10.3. The van der Waals surface area contributed by atoms with Gasteiger partial charge in [0.15, 0.2) is 0 Å². The highest BCUT2D eigenvalue weighted by molar-refractivity contribution is 7.90. The molecule has 1 aromatic rings. The van der Waals surface area contributed by atoms with E-state index in [-0.39, 0.29) is 12.5 Å². The lowest BCUT2D eigenvalue weighted by Gasteiger charge is -2.28. The summed E-state index contributed by atoms with van der Waals surface area (Å²) < 4.78 is 27.0. The predicted molar refractivity (Wildman–Crippen MR) is 85.6 cm³/mol. The number of sulfonamides is 1. The molecule has 1 fully saturated rings. The van der Waals surface area contributed by atoms with Crippen LogP contribution in [0.5, 0.6) is 0 Å². The largest absolute Gasteiger partial charge is 0.286 e. The van der Waals surface area contributed by atoms with Crippen LogP contribution in [0.4, 0.5) is 0 Å². The first-order chi connectivity index (χ1) is 10.9. The van der Waals surface area contributed by atoms with Gasteiger partial charge in [0.2, 0.25) is 16.4 Å². The van der Waals surface area contributed by atoms with E-state index in [2.05, 4.69) is 0 Å². The van der Waals surface area contributed by atoms with Crippen molar-refractivity contribution in [3.05, 3.63) is 34.3 Å². The average Bonchev–Trinajstić information content (AvgIpc) is 3.32. The topological polar surface area (TPSA) is 77.9 Å². The molecule has 0 bridgehead atoms. The van der Waals surface area contributed by atoms with Gasteiger partial charge in [-0.3, -0.25) is 10.0 Å². The normalized spacial score (nSPS) is 24.1. The molecule has 1 aliphatic heterocycles. The molecule has 1 aromatic carbocycles. The summed E-state index contributed by atoms with van der Waals surface area (Å²) in [5.41, 5.74) is 2.11. The number of fused-ring (bicyclic) bond motifs is 1. The van der Waals surface area contributed by atoms with E-state index in [4.69, 9.17) is 16.8 Å². The third kappa shape index (κ3) is 3.52. The van der Waals surface area contributed by atoms with E-state index < -0.39 is 15.3 Å². The highest BCUT2D eigenvalue weighted by atomic mass is 35.5. The highest BCUT2D eigenvalue weighted by Crippen LogP contribution is 2.42. The molecular weight excluding hydrogens is 340 g/mol. The summed E-state index contributed by atoms with van der Waals surface area (Å²) in [6.45, 7) is 1.02. The molecule has 2 aliphatic rings. The molecule has 1 saturated carbocycles. The van der Waals surface area contributed by atoms with Gasteiger partial charge < -0.3 is 0 Å². The zero-order chi connectivity index (χ0) is 16.6. The number of rotatable bonds is 6. The van der Waals surface area contributed by atoms with E-state index in [1.807, 2.05) is 18.2 Å². The van der Waals surface area contributed by atoms with Gasteiger partial charge in [-0.05, 0) is 48.4 Å². The van der Waals surface area contributed by atoms with Gasteiger partial charge in [0.05, 0.1) is 5.25 Å². The van der Waals surface area contributed by atoms with Crippen molar-refractivity contribution >= 4 is 28.0 Å². The molecule has 0 aromatic heterocycles. The Bertz CT molecular complexity index is 709. The van der Waals surface area contributed by atoms with Crippen LogP contribution in [0.1, 0.15) is 24.0 Å². The number of carbonyl (C=O) groups is 1. The minimum atomic E-state index is -3.35. The monoisotopic (exact) mass is 358 g/mol. The summed E-state index contributed by atoms with van der Waals surface area (Å²) in [5.74, 6) is 0.00959. The molecule has 23 heavy (non-hydrogen) atoms. The van der Waals surface area contributed by atoms with Gasteiger partial charge in [-0.15, -0.1) is 0 Å². The second kappa shape index (κ2) is 6.39. The first-order valence-corrected chi connectivity index (χ1v) is 9.47. The van der Waals surface area contributed by atoms with Crippen LogP contribution >= 0.6 is 11.6 Å². The molecule has 1 N–H and O–H groups in total. The summed E-state index contributed by atoms with van der Waals surface area (Å²) in [6, 6.07) is 5.61. The Balaban J connectivity index is 1.64. The molecule has 126 valence electrons. The Morgan fingerprint density at radius 1 is 1.39 bits per heavy atom. The minimum Gasteiger partial charge on any atom is -0.286 e. The van der Waals surface area contributed by atoms with Crippen molar-refractivity contribution < 1.29 is 18.4 Å². The number of carbonyl (C=O) groups excluding carboxylic acids is 1. The van der Waals surface area contributed by atoms with Crippen molar-refractivity contribution in [3.63, 3.8) is 0 Å². The molecule has 2 unspecified atom stereocenters. The number of benzene rings is 1. The molecule has 2 atom stereocenters. The predicted octanol–water partition coefficient (Wildman–Crippen LogP) is 1.65. The number of hydroxylamine groups is 2. The fourth-order valence-corrected chi connectivity index (χ4v) is 5.50. The number of halogens is 1. The van der Waals surface area contributed by atoms with Gasteiger partial charge in [-0.1, -0.05) is 17.7 Å². The minimum absolute atomic E-state index is 0.00959. The van der Waals surface area contributed by atoms with E-state index in [9.17, 15) is 13.2 Å². The molecule has 0 spiro atoms.